The van der Waals surface area contributed by atoms with Gasteiger partial charge >= 0.3 is 0 Å². The van der Waals surface area contributed by atoms with Crippen LogP contribution in [0.5, 0.6) is 0 Å². The molecule has 0 bridgehead atoms. The van der Waals surface area contributed by atoms with Gasteiger partial charge < -0.3 is 10.2 Å². The van der Waals surface area contributed by atoms with E-state index in [4.69, 9.17) is 0 Å². The van der Waals surface area contributed by atoms with Crippen molar-refractivity contribution >= 4 is 34.2 Å². The number of nitrogens with one attached hydrogen (secondary N) is 1. The Balaban J connectivity index is 0.00000144. The molecule has 0 aliphatic carbocycles. The summed E-state index contributed by atoms with van der Waals surface area (Å²) in [7, 11) is 0. The van der Waals surface area contributed by atoms with E-state index in [1.54, 1.807) is 0 Å². The van der Waals surface area contributed by atoms with Crippen molar-refractivity contribution in [1.29, 1.82) is 0 Å². The van der Waals surface area contributed by atoms with Gasteiger partial charge in [0.25, 0.3) is 5.91 Å². The highest BCUT2D eigenvalue weighted by molar-refractivity contribution is 9.10. The van der Waals surface area contributed by atoms with E-state index in [0.717, 1.165) is 29.7 Å². The van der Waals surface area contributed by atoms with Crippen molar-refractivity contribution in [3.63, 3.8) is 0 Å². The fraction of sp³-hybridized carbons (Fsp3) is 0.417. The summed E-state index contributed by atoms with van der Waals surface area (Å²) in [4.78, 5) is 14.2. The number of nitrogens with zero attached hydrogens (tertiary/aromatic N) is 1. The second-order valence-corrected chi connectivity index (χ2v) is 4.89. The zero-order valence-electron chi connectivity index (χ0n) is 9.65. The van der Waals surface area contributed by atoms with E-state index in [0.29, 0.717) is 0 Å². The molecule has 5 heteroatoms. The smallest absolute Gasteiger partial charge is 0.255 e. The van der Waals surface area contributed by atoms with Gasteiger partial charge in [-0.05, 0) is 35.0 Å². The lowest BCUT2D eigenvalue weighted by Gasteiger charge is -2.34. The number of carbonyl (C=O) groups excluding carboxylic acids is 1. The Morgan fingerprint density at radius 1 is 1.47 bits per heavy atom. The van der Waals surface area contributed by atoms with Gasteiger partial charge in [-0.2, -0.15) is 0 Å². The van der Waals surface area contributed by atoms with Crippen LogP contribution in [0, 0.1) is 0 Å². The standard InChI is InChI=1S/C12H15BrN2O.ClH/c1-9-8-14-6-7-15(9)12(16)10-4-2-3-5-11(10)13;/h2-5,9,14H,6-8H2,1H3;1H/t9-;/m0./s1. The van der Waals surface area contributed by atoms with Crippen LogP contribution in [-0.4, -0.2) is 36.5 Å². The van der Waals surface area contributed by atoms with Crippen LogP contribution in [0.3, 0.4) is 0 Å². The molecule has 0 spiro atoms. The van der Waals surface area contributed by atoms with Crippen LogP contribution in [0.15, 0.2) is 28.7 Å². The van der Waals surface area contributed by atoms with Crippen LogP contribution < -0.4 is 5.32 Å². The highest BCUT2D eigenvalue weighted by Gasteiger charge is 2.24. The van der Waals surface area contributed by atoms with Crippen LogP contribution in [0.1, 0.15) is 17.3 Å². The van der Waals surface area contributed by atoms with Gasteiger partial charge in [0.15, 0.2) is 0 Å². The number of hydrogen-bond acceptors (Lipinski definition) is 2. The van der Waals surface area contributed by atoms with Crippen LogP contribution in [-0.2, 0) is 0 Å². The molecule has 1 aromatic rings. The Morgan fingerprint density at radius 2 is 2.18 bits per heavy atom. The van der Waals surface area contributed by atoms with Crippen molar-refractivity contribution in [3.8, 4) is 0 Å². The second-order valence-electron chi connectivity index (χ2n) is 4.03. The van der Waals surface area contributed by atoms with E-state index in [1.165, 1.54) is 0 Å². The van der Waals surface area contributed by atoms with Gasteiger partial charge in [0.2, 0.25) is 0 Å². The van der Waals surface area contributed by atoms with Crippen LogP contribution in [0.4, 0.5) is 0 Å². The fourth-order valence-electron chi connectivity index (χ4n) is 1.93. The molecule has 17 heavy (non-hydrogen) atoms. The second kappa shape index (κ2) is 6.38. The minimum atomic E-state index is 0. The third kappa shape index (κ3) is 3.21. The first kappa shape index (κ1) is 14.5. The SMILES string of the molecule is C[C@H]1CNCCN1C(=O)c1ccccc1Br.Cl. The summed E-state index contributed by atoms with van der Waals surface area (Å²) in [5.41, 5.74) is 0.747. The monoisotopic (exact) mass is 318 g/mol. The van der Waals surface area contributed by atoms with Gasteiger partial charge in [-0.15, -0.1) is 12.4 Å². The van der Waals surface area contributed by atoms with E-state index in [9.17, 15) is 4.79 Å². The maximum Gasteiger partial charge on any atom is 0.255 e. The molecule has 1 aliphatic heterocycles. The van der Waals surface area contributed by atoms with Crippen LogP contribution in [0.2, 0.25) is 0 Å². The number of halogens is 2. The van der Waals surface area contributed by atoms with Crippen molar-refractivity contribution in [1.82, 2.24) is 10.2 Å². The Hall–Kier alpha value is -0.580. The van der Waals surface area contributed by atoms with Gasteiger partial charge in [0.1, 0.15) is 0 Å². The first-order valence-electron chi connectivity index (χ1n) is 5.46. The van der Waals surface area contributed by atoms with Gasteiger partial charge in [-0.25, -0.2) is 0 Å². The maximum absolute atomic E-state index is 12.3. The Kier molecular flexibility index (Phi) is 5.43. The molecule has 94 valence electrons. The van der Waals surface area contributed by atoms with E-state index >= 15 is 0 Å². The molecule has 0 radical (unpaired) electrons. The summed E-state index contributed by atoms with van der Waals surface area (Å²) in [5.74, 6) is 0.112. The number of hydrogen-bond donors (Lipinski definition) is 1. The van der Waals surface area contributed by atoms with Crippen molar-refractivity contribution in [2.75, 3.05) is 19.6 Å². The molecule has 0 unspecified atom stereocenters. The molecule has 0 saturated carbocycles. The number of rotatable bonds is 1. The lowest BCUT2D eigenvalue weighted by molar-refractivity contribution is 0.0655. The molecule has 1 aromatic carbocycles. The third-order valence-corrected chi connectivity index (χ3v) is 3.56. The molecular formula is C12H16BrClN2O. The Bertz CT molecular complexity index is 400. The van der Waals surface area contributed by atoms with E-state index in [-0.39, 0.29) is 24.4 Å². The molecule has 1 aliphatic rings. The molecule has 1 saturated heterocycles. The normalized spacial score (nSPS) is 19.6. The zero-order valence-corrected chi connectivity index (χ0v) is 12.1. The third-order valence-electron chi connectivity index (χ3n) is 2.87. The first-order valence-corrected chi connectivity index (χ1v) is 6.25. The summed E-state index contributed by atoms with van der Waals surface area (Å²) < 4.78 is 0.866. The number of benzene rings is 1. The van der Waals surface area contributed by atoms with E-state index in [1.807, 2.05) is 29.2 Å². The highest BCUT2D eigenvalue weighted by Crippen LogP contribution is 2.19. The fourth-order valence-corrected chi connectivity index (χ4v) is 2.39. The molecular weight excluding hydrogens is 304 g/mol. The summed E-state index contributed by atoms with van der Waals surface area (Å²) in [6.07, 6.45) is 0. The minimum Gasteiger partial charge on any atom is -0.333 e. The Labute approximate surface area is 116 Å². The average Bonchev–Trinajstić information content (AvgIpc) is 2.29. The molecule has 1 fully saturated rings. The predicted octanol–water partition coefficient (Wildman–Crippen LogP) is 2.30. The largest absolute Gasteiger partial charge is 0.333 e. The number of amides is 1. The van der Waals surface area contributed by atoms with E-state index < -0.39 is 0 Å². The van der Waals surface area contributed by atoms with Gasteiger partial charge in [-0.1, -0.05) is 12.1 Å². The average molecular weight is 320 g/mol. The van der Waals surface area contributed by atoms with Gasteiger partial charge in [-0.3, -0.25) is 4.79 Å². The van der Waals surface area contributed by atoms with Gasteiger partial charge in [0.05, 0.1) is 5.56 Å². The van der Waals surface area contributed by atoms with Crippen molar-refractivity contribution in [2.45, 2.75) is 13.0 Å². The molecule has 3 nitrogen and oxygen atoms in total. The summed E-state index contributed by atoms with van der Waals surface area (Å²) >= 11 is 3.42. The first-order chi connectivity index (χ1) is 7.70. The van der Waals surface area contributed by atoms with Crippen molar-refractivity contribution in [3.05, 3.63) is 34.3 Å². The number of piperazine rings is 1. The van der Waals surface area contributed by atoms with Crippen LogP contribution in [0.25, 0.3) is 0 Å². The Morgan fingerprint density at radius 3 is 2.82 bits per heavy atom. The molecule has 0 aromatic heterocycles. The zero-order chi connectivity index (χ0) is 11.5. The van der Waals surface area contributed by atoms with Gasteiger partial charge in [0, 0.05) is 30.1 Å². The topological polar surface area (TPSA) is 32.3 Å². The van der Waals surface area contributed by atoms with Crippen molar-refractivity contribution in [2.24, 2.45) is 0 Å². The summed E-state index contributed by atoms with van der Waals surface area (Å²) in [6.45, 7) is 4.60. The molecule has 1 amide bonds. The molecule has 1 atom stereocenters. The molecule has 1 N–H and O–H groups in total. The lowest BCUT2D eigenvalue weighted by atomic mass is 10.1. The van der Waals surface area contributed by atoms with Crippen LogP contribution >= 0.6 is 28.3 Å². The summed E-state index contributed by atoms with van der Waals surface area (Å²) in [5, 5.41) is 3.28. The maximum atomic E-state index is 12.3. The lowest BCUT2D eigenvalue weighted by Crippen LogP contribution is -2.52. The molecule has 1 heterocycles. The summed E-state index contributed by atoms with van der Waals surface area (Å²) in [6, 6.07) is 7.84. The highest BCUT2D eigenvalue weighted by atomic mass is 79.9. The van der Waals surface area contributed by atoms with Crippen molar-refractivity contribution < 1.29 is 4.79 Å². The number of carbonyl (C=O) groups is 1. The quantitative estimate of drug-likeness (QED) is 0.861. The van der Waals surface area contributed by atoms with E-state index in [2.05, 4.69) is 28.2 Å². The minimum absolute atomic E-state index is 0. The predicted molar refractivity (Wildman–Crippen MR) is 74.8 cm³/mol. The molecule has 2 rings (SSSR count).